The Balaban J connectivity index is 1.43. The highest BCUT2D eigenvalue weighted by Gasteiger charge is 2.48. The number of aliphatic hydroxyl groups excluding tert-OH is 1. The summed E-state index contributed by atoms with van der Waals surface area (Å²) < 4.78 is 0. The molecule has 1 heteroatoms. The molecule has 160 valence electrons. The maximum atomic E-state index is 10.1. The molecule has 29 heavy (non-hydrogen) atoms. The molecule has 0 aromatic rings. The standard InChI is InChI=1S/C28H42O/c1-20-8-4-9-22(20)10-5-13-25-17-18-26-24(12-7-19-28(25,26)3)16-15-23-11-6-14-27(29)21(23)2/h5,10,15-16,20,22,25-27,29H,2,4,6-9,11-14,17-19H2,1,3H3/b10-5+,23-15-,24-16+. The molecule has 0 radical (unpaired) electrons. The van der Waals surface area contributed by atoms with Crippen LogP contribution in [0.15, 0.2) is 47.6 Å². The number of aliphatic hydroxyl groups is 1. The minimum Gasteiger partial charge on any atom is -0.388 e. The molecule has 0 saturated heterocycles. The number of fused-ring (bicyclic) bond motifs is 1. The lowest BCUT2D eigenvalue weighted by Gasteiger charge is -2.42. The molecule has 4 rings (SSSR count). The third-order valence-electron chi connectivity index (χ3n) is 9.13. The van der Waals surface area contributed by atoms with Crippen LogP contribution in [0.4, 0.5) is 0 Å². The molecule has 6 atom stereocenters. The Morgan fingerprint density at radius 1 is 1.03 bits per heavy atom. The van der Waals surface area contributed by atoms with Crippen LogP contribution in [-0.2, 0) is 0 Å². The normalized spacial score (nSPS) is 43.6. The topological polar surface area (TPSA) is 20.2 Å². The van der Waals surface area contributed by atoms with Crippen molar-refractivity contribution in [3.63, 3.8) is 0 Å². The Labute approximate surface area is 179 Å². The first kappa shape index (κ1) is 21.2. The highest BCUT2D eigenvalue weighted by molar-refractivity contribution is 5.37. The van der Waals surface area contributed by atoms with Gasteiger partial charge in [0.05, 0.1) is 6.10 Å². The van der Waals surface area contributed by atoms with Crippen molar-refractivity contribution in [3.05, 3.63) is 47.6 Å². The van der Waals surface area contributed by atoms with Gasteiger partial charge in [-0.05, 0) is 104 Å². The van der Waals surface area contributed by atoms with E-state index >= 15 is 0 Å². The van der Waals surface area contributed by atoms with Gasteiger partial charge in [-0.3, -0.25) is 0 Å². The second kappa shape index (κ2) is 8.96. The zero-order valence-electron chi connectivity index (χ0n) is 18.8. The zero-order valence-corrected chi connectivity index (χ0v) is 18.8. The average molecular weight is 395 g/mol. The maximum Gasteiger partial charge on any atom is 0.0787 e. The van der Waals surface area contributed by atoms with Crippen LogP contribution in [0.1, 0.15) is 90.9 Å². The van der Waals surface area contributed by atoms with Crippen LogP contribution in [0, 0.1) is 29.1 Å². The fourth-order valence-electron chi connectivity index (χ4n) is 7.04. The lowest BCUT2D eigenvalue weighted by molar-refractivity contribution is 0.137. The fourth-order valence-corrected chi connectivity index (χ4v) is 7.04. The molecule has 1 N–H and O–H groups in total. The van der Waals surface area contributed by atoms with E-state index in [1.54, 1.807) is 5.57 Å². The summed E-state index contributed by atoms with van der Waals surface area (Å²) in [6.45, 7) is 9.17. The molecule has 0 bridgehead atoms. The molecule has 0 aromatic heterocycles. The number of rotatable bonds is 4. The highest BCUT2D eigenvalue weighted by Crippen LogP contribution is 2.58. The van der Waals surface area contributed by atoms with Crippen molar-refractivity contribution in [2.45, 2.75) is 97.0 Å². The largest absolute Gasteiger partial charge is 0.388 e. The summed E-state index contributed by atoms with van der Waals surface area (Å²) in [4.78, 5) is 0. The molecule has 4 aliphatic rings. The Hall–Kier alpha value is -1.08. The Morgan fingerprint density at radius 2 is 1.90 bits per heavy atom. The summed E-state index contributed by atoms with van der Waals surface area (Å²) in [6, 6.07) is 0. The van der Waals surface area contributed by atoms with Crippen molar-refractivity contribution in [1.82, 2.24) is 0 Å². The van der Waals surface area contributed by atoms with Gasteiger partial charge in [-0.15, -0.1) is 0 Å². The van der Waals surface area contributed by atoms with Gasteiger partial charge in [-0.1, -0.05) is 63.1 Å². The van der Waals surface area contributed by atoms with Crippen LogP contribution < -0.4 is 0 Å². The van der Waals surface area contributed by atoms with Crippen molar-refractivity contribution < 1.29 is 5.11 Å². The second-order valence-electron chi connectivity index (χ2n) is 10.8. The van der Waals surface area contributed by atoms with Crippen molar-refractivity contribution in [2.24, 2.45) is 29.1 Å². The molecule has 0 heterocycles. The van der Waals surface area contributed by atoms with E-state index in [1.165, 1.54) is 63.4 Å². The fraction of sp³-hybridized carbons (Fsp3) is 0.714. The van der Waals surface area contributed by atoms with Gasteiger partial charge in [-0.2, -0.15) is 0 Å². The number of allylic oxidation sites excluding steroid dienone is 5. The van der Waals surface area contributed by atoms with E-state index in [1.807, 2.05) is 0 Å². The van der Waals surface area contributed by atoms with E-state index < -0.39 is 0 Å². The van der Waals surface area contributed by atoms with E-state index in [0.29, 0.717) is 5.41 Å². The first-order chi connectivity index (χ1) is 14.0. The first-order valence-corrected chi connectivity index (χ1v) is 12.4. The zero-order chi connectivity index (χ0) is 20.4. The van der Waals surface area contributed by atoms with Gasteiger partial charge in [0.25, 0.3) is 0 Å². The van der Waals surface area contributed by atoms with Gasteiger partial charge >= 0.3 is 0 Å². The first-order valence-electron chi connectivity index (χ1n) is 12.4. The minimum absolute atomic E-state index is 0.324. The van der Waals surface area contributed by atoms with Crippen LogP contribution in [0.2, 0.25) is 0 Å². The molecule has 4 fully saturated rings. The van der Waals surface area contributed by atoms with Crippen LogP contribution in [-0.4, -0.2) is 11.2 Å². The van der Waals surface area contributed by atoms with E-state index in [-0.39, 0.29) is 6.10 Å². The number of hydrogen-bond acceptors (Lipinski definition) is 1. The van der Waals surface area contributed by atoms with E-state index in [9.17, 15) is 5.11 Å². The molecule has 1 nitrogen and oxygen atoms in total. The summed E-state index contributed by atoms with van der Waals surface area (Å²) >= 11 is 0. The SMILES string of the molecule is C=C1/C(=C\C=C2/CCCC3(C)C(C/C=C/C4CCCC4C)CCC23)CCCC1O. The van der Waals surface area contributed by atoms with Gasteiger partial charge in [0.1, 0.15) is 0 Å². The van der Waals surface area contributed by atoms with E-state index in [0.717, 1.165) is 48.5 Å². The predicted octanol–water partition coefficient (Wildman–Crippen LogP) is 7.54. The van der Waals surface area contributed by atoms with Crippen molar-refractivity contribution in [1.29, 1.82) is 0 Å². The molecule has 6 unspecified atom stereocenters. The van der Waals surface area contributed by atoms with Gasteiger partial charge in [-0.25, -0.2) is 0 Å². The monoisotopic (exact) mass is 394 g/mol. The second-order valence-corrected chi connectivity index (χ2v) is 10.8. The maximum absolute atomic E-state index is 10.1. The molecular formula is C28H42O. The van der Waals surface area contributed by atoms with Crippen LogP contribution in [0.25, 0.3) is 0 Å². The molecule has 0 aromatic carbocycles. The predicted molar refractivity (Wildman–Crippen MR) is 124 cm³/mol. The quantitative estimate of drug-likeness (QED) is 0.488. The Bertz CT molecular complexity index is 695. The summed E-state index contributed by atoms with van der Waals surface area (Å²) in [6.07, 6.45) is 24.9. The van der Waals surface area contributed by atoms with Gasteiger partial charge in [0.15, 0.2) is 0 Å². The smallest absolute Gasteiger partial charge is 0.0787 e. The van der Waals surface area contributed by atoms with Crippen LogP contribution in [0.3, 0.4) is 0 Å². The van der Waals surface area contributed by atoms with Crippen molar-refractivity contribution in [2.75, 3.05) is 0 Å². The molecule has 0 spiro atoms. The molecular weight excluding hydrogens is 352 g/mol. The van der Waals surface area contributed by atoms with Crippen LogP contribution >= 0.6 is 0 Å². The summed E-state index contributed by atoms with van der Waals surface area (Å²) in [5.41, 5.74) is 4.40. The van der Waals surface area contributed by atoms with E-state index in [4.69, 9.17) is 0 Å². The van der Waals surface area contributed by atoms with Crippen molar-refractivity contribution in [3.8, 4) is 0 Å². The Kier molecular flexibility index (Phi) is 6.54. The van der Waals surface area contributed by atoms with Crippen molar-refractivity contribution >= 4 is 0 Å². The average Bonchev–Trinajstić information content (AvgIpc) is 3.26. The molecule has 0 amide bonds. The molecule has 0 aliphatic heterocycles. The highest BCUT2D eigenvalue weighted by atomic mass is 16.3. The lowest BCUT2D eigenvalue weighted by atomic mass is 9.63. The third-order valence-corrected chi connectivity index (χ3v) is 9.13. The third kappa shape index (κ3) is 4.36. The van der Waals surface area contributed by atoms with Gasteiger partial charge in [0.2, 0.25) is 0 Å². The molecule has 4 aliphatic carbocycles. The lowest BCUT2D eigenvalue weighted by Crippen LogP contribution is -2.33. The molecule has 4 saturated carbocycles. The van der Waals surface area contributed by atoms with Crippen LogP contribution in [0.5, 0.6) is 0 Å². The number of hydrogen-bond donors (Lipinski definition) is 1. The Morgan fingerprint density at radius 3 is 2.69 bits per heavy atom. The summed E-state index contributed by atoms with van der Waals surface area (Å²) in [5.74, 6) is 3.35. The van der Waals surface area contributed by atoms with E-state index in [2.05, 4.69) is 44.7 Å². The van der Waals surface area contributed by atoms with Gasteiger partial charge < -0.3 is 5.11 Å². The summed E-state index contributed by atoms with van der Waals surface area (Å²) in [7, 11) is 0. The van der Waals surface area contributed by atoms with Gasteiger partial charge in [0, 0.05) is 0 Å². The summed E-state index contributed by atoms with van der Waals surface area (Å²) in [5, 5.41) is 10.1. The minimum atomic E-state index is -0.324.